The van der Waals surface area contributed by atoms with Crippen LogP contribution in [0, 0.1) is 0 Å². The zero-order chi connectivity index (χ0) is 19.1. The maximum atomic E-state index is 10.5. The van der Waals surface area contributed by atoms with Crippen molar-refractivity contribution in [2.75, 3.05) is 0 Å². The molecule has 0 heterocycles. The summed E-state index contributed by atoms with van der Waals surface area (Å²) in [6.07, 6.45) is -1.16. The zero-order valence-corrected chi connectivity index (χ0v) is 12.5. The van der Waals surface area contributed by atoms with Crippen molar-refractivity contribution in [3.05, 3.63) is 35.4 Å². The van der Waals surface area contributed by atoms with Gasteiger partial charge in [0.2, 0.25) is 0 Å². The molecule has 0 fully saturated rings. The minimum absolute atomic E-state index is 0.190. The normalized spacial score (nSPS) is 11.5. The number of hydrogen-bond acceptors (Lipinski definition) is 6. The highest BCUT2D eigenvalue weighted by Crippen LogP contribution is 2.08. The highest BCUT2D eigenvalue weighted by Gasteiger charge is 2.33. The van der Waals surface area contributed by atoms with Crippen molar-refractivity contribution in [3.8, 4) is 0 Å². The van der Waals surface area contributed by atoms with E-state index < -0.39 is 45.7 Å². The van der Waals surface area contributed by atoms with E-state index in [-0.39, 0.29) is 11.1 Å². The van der Waals surface area contributed by atoms with Gasteiger partial charge in [-0.05, 0) is 12.1 Å². The first kappa shape index (κ1) is 21.0. The molecule has 0 amide bonds. The fourth-order valence-electron chi connectivity index (χ4n) is 1.33. The maximum Gasteiger partial charge on any atom is 0.336 e. The number of carboxylic acids is 4. The first-order valence-corrected chi connectivity index (χ1v) is 7.34. The van der Waals surface area contributed by atoms with Gasteiger partial charge in [-0.15, -0.1) is 0 Å². The lowest BCUT2D eigenvalue weighted by Crippen LogP contribution is -2.31. The van der Waals surface area contributed by atoms with Crippen molar-refractivity contribution >= 4 is 34.0 Å². The molecule has 0 radical (unpaired) electrons. The molecule has 0 aliphatic rings. The van der Waals surface area contributed by atoms with Gasteiger partial charge >= 0.3 is 23.9 Å². The van der Waals surface area contributed by atoms with E-state index in [0.29, 0.717) is 0 Å². The molecule has 0 bridgehead atoms. The Morgan fingerprint density at radius 3 is 1.42 bits per heavy atom. The molecule has 0 saturated heterocycles. The van der Waals surface area contributed by atoms with E-state index in [1.807, 2.05) is 0 Å². The van der Waals surface area contributed by atoms with Crippen LogP contribution in [0.4, 0.5) is 0 Å². The lowest BCUT2D eigenvalue weighted by atomic mass is 10.1. The fraction of sp³-hybridized carbons (Fsp3) is 0.167. The molecule has 1 aromatic carbocycles. The average molecular weight is 364 g/mol. The smallest absolute Gasteiger partial charge is 0.336 e. The van der Waals surface area contributed by atoms with Crippen LogP contribution in [-0.2, 0) is 19.7 Å². The molecule has 1 atom stereocenters. The Hall–Kier alpha value is -2.99. The third kappa shape index (κ3) is 6.85. The number of aromatic carboxylic acids is 2. The topological polar surface area (TPSA) is 204 Å². The maximum absolute atomic E-state index is 10.5. The van der Waals surface area contributed by atoms with Crippen LogP contribution in [0.5, 0.6) is 0 Å². The van der Waals surface area contributed by atoms with Crippen LogP contribution in [0.3, 0.4) is 0 Å². The third-order valence-electron chi connectivity index (χ3n) is 2.38. The van der Waals surface area contributed by atoms with Gasteiger partial charge in [-0.1, -0.05) is 12.1 Å². The molecule has 12 heteroatoms. The Labute approximate surface area is 134 Å². The van der Waals surface area contributed by atoms with Gasteiger partial charge in [-0.25, -0.2) is 9.59 Å². The number of aliphatic carboxylic acids is 2. The summed E-state index contributed by atoms with van der Waals surface area (Å²) in [4.78, 5) is 40.9. The Morgan fingerprint density at radius 1 is 0.875 bits per heavy atom. The second-order valence-corrected chi connectivity index (χ2v) is 5.69. The van der Waals surface area contributed by atoms with Crippen molar-refractivity contribution in [2.24, 2.45) is 0 Å². The molecule has 24 heavy (non-hydrogen) atoms. The van der Waals surface area contributed by atoms with Gasteiger partial charge in [0.15, 0.2) is 5.25 Å². The minimum Gasteiger partial charge on any atom is -0.481 e. The molecule has 0 saturated carbocycles. The lowest BCUT2D eigenvalue weighted by Gasteiger charge is -2.04. The second kappa shape index (κ2) is 8.59. The van der Waals surface area contributed by atoms with Gasteiger partial charge in [0, 0.05) is 0 Å². The predicted molar refractivity (Wildman–Crippen MR) is 75.6 cm³/mol. The number of rotatable bonds is 6. The van der Waals surface area contributed by atoms with Crippen LogP contribution < -0.4 is 0 Å². The number of benzene rings is 1. The van der Waals surface area contributed by atoms with Crippen LogP contribution in [0.25, 0.3) is 0 Å². The van der Waals surface area contributed by atoms with E-state index in [2.05, 4.69) is 0 Å². The summed E-state index contributed by atoms with van der Waals surface area (Å²) in [5, 5.41) is 31.0. The first-order valence-electron chi connectivity index (χ1n) is 5.84. The monoisotopic (exact) mass is 364 g/mol. The van der Waals surface area contributed by atoms with Crippen LogP contribution in [-0.4, -0.2) is 62.5 Å². The summed E-state index contributed by atoms with van der Waals surface area (Å²) >= 11 is 0. The molecule has 5 N–H and O–H groups in total. The second-order valence-electron chi connectivity index (χ2n) is 4.10. The molecule has 132 valence electrons. The molecular formula is C12H12O11S. The van der Waals surface area contributed by atoms with Gasteiger partial charge in [0.25, 0.3) is 10.1 Å². The summed E-state index contributed by atoms with van der Waals surface area (Å²) < 4.78 is 28.7. The van der Waals surface area contributed by atoms with E-state index in [4.69, 9.17) is 25.0 Å². The molecule has 0 aliphatic heterocycles. The Kier molecular flexibility index (Phi) is 7.52. The van der Waals surface area contributed by atoms with Crippen LogP contribution in [0.2, 0.25) is 0 Å². The van der Waals surface area contributed by atoms with Gasteiger partial charge in [-0.2, -0.15) is 8.42 Å². The zero-order valence-electron chi connectivity index (χ0n) is 11.7. The highest BCUT2D eigenvalue weighted by molar-refractivity contribution is 7.87. The summed E-state index contributed by atoms with van der Waals surface area (Å²) in [7, 11) is -4.84. The minimum atomic E-state index is -4.84. The third-order valence-corrected chi connectivity index (χ3v) is 3.47. The van der Waals surface area contributed by atoms with E-state index in [1.165, 1.54) is 24.3 Å². The number of hydrogen-bond donors (Lipinski definition) is 5. The van der Waals surface area contributed by atoms with Crippen molar-refractivity contribution in [1.29, 1.82) is 0 Å². The van der Waals surface area contributed by atoms with Crippen molar-refractivity contribution in [3.63, 3.8) is 0 Å². The Balaban J connectivity index is 0.000000441. The van der Waals surface area contributed by atoms with Gasteiger partial charge in [0.05, 0.1) is 17.5 Å². The first-order chi connectivity index (χ1) is 10.9. The SMILES string of the molecule is O=C(O)CC(C(=O)O)S(=O)(=O)O.O=C(O)c1ccccc1C(=O)O. The predicted octanol–water partition coefficient (Wildman–Crippen LogP) is -0.115. The standard InChI is InChI=1S/C8H6O4.C4H6O7S/c9-7(10)5-3-1-2-4-6(5)8(11)12;5-3(6)1-2(4(7)8)12(9,10)11/h1-4H,(H,9,10)(H,11,12);2H,1H2,(H,5,6)(H,7,8)(H,9,10,11). The average Bonchev–Trinajstić information content (AvgIpc) is 2.43. The molecule has 1 unspecified atom stereocenters. The summed E-state index contributed by atoms with van der Waals surface area (Å²) in [6, 6.07) is 5.48. The van der Waals surface area contributed by atoms with Crippen molar-refractivity contribution in [2.45, 2.75) is 11.7 Å². The fourth-order valence-corrected chi connectivity index (χ4v) is 1.94. The van der Waals surface area contributed by atoms with E-state index in [0.717, 1.165) is 0 Å². The molecular weight excluding hydrogens is 352 g/mol. The quantitative estimate of drug-likeness (QED) is 0.421. The van der Waals surface area contributed by atoms with Gasteiger partial charge in [0.1, 0.15) is 0 Å². The van der Waals surface area contributed by atoms with Gasteiger partial charge in [-0.3, -0.25) is 14.1 Å². The molecule has 1 rings (SSSR count). The molecule has 0 spiro atoms. The highest BCUT2D eigenvalue weighted by atomic mass is 32.2. The van der Waals surface area contributed by atoms with Gasteiger partial charge < -0.3 is 20.4 Å². The largest absolute Gasteiger partial charge is 0.481 e. The lowest BCUT2D eigenvalue weighted by molar-refractivity contribution is -0.143. The van der Waals surface area contributed by atoms with Crippen LogP contribution in [0.1, 0.15) is 27.1 Å². The summed E-state index contributed by atoms with van der Waals surface area (Å²) in [6.45, 7) is 0. The van der Waals surface area contributed by atoms with Crippen LogP contribution in [0.15, 0.2) is 24.3 Å². The van der Waals surface area contributed by atoms with Crippen molar-refractivity contribution < 1.29 is 52.6 Å². The molecule has 1 aromatic rings. The Bertz CT molecular complexity index is 717. The summed E-state index contributed by atoms with van der Waals surface area (Å²) in [5.41, 5.74) is -0.380. The van der Waals surface area contributed by atoms with E-state index in [9.17, 15) is 27.6 Å². The number of carboxylic acid groups (broad SMARTS) is 4. The number of carbonyl (C=O) groups is 4. The van der Waals surface area contributed by atoms with E-state index in [1.54, 1.807) is 0 Å². The molecule has 0 aromatic heterocycles. The van der Waals surface area contributed by atoms with E-state index >= 15 is 0 Å². The molecule has 11 nitrogen and oxygen atoms in total. The Morgan fingerprint density at radius 2 is 1.25 bits per heavy atom. The summed E-state index contributed by atoms with van der Waals surface area (Å²) in [5.74, 6) is -5.96. The van der Waals surface area contributed by atoms with Crippen LogP contribution >= 0.6 is 0 Å². The molecule has 0 aliphatic carbocycles. The van der Waals surface area contributed by atoms with Crippen molar-refractivity contribution in [1.82, 2.24) is 0 Å².